The van der Waals surface area contributed by atoms with Crippen molar-refractivity contribution in [3.05, 3.63) is 35.9 Å². The summed E-state index contributed by atoms with van der Waals surface area (Å²) in [5.41, 5.74) is 1.28. The predicted molar refractivity (Wildman–Crippen MR) is 116 cm³/mol. The highest BCUT2D eigenvalue weighted by molar-refractivity contribution is 14.0. The van der Waals surface area contributed by atoms with Gasteiger partial charge >= 0.3 is 0 Å². The van der Waals surface area contributed by atoms with Gasteiger partial charge in [0, 0.05) is 46.8 Å². The summed E-state index contributed by atoms with van der Waals surface area (Å²) in [7, 11) is 5.52. The molecular weight excluding hydrogens is 443 g/mol. The summed E-state index contributed by atoms with van der Waals surface area (Å²) in [6, 6.07) is 10.4. The first-order valence-corrected chi connectivity index (χ1v) is 8.87. The number of carbonyl (C=O) groups is 1. The molecule has 0 aromatic heterocycles. The molecule has 1 aromatic carbocycles. The van der Waals surface area contributed by atoms with Crippen molar-refractivity contribution in [3.63, 3.8) is 0 Å². The fourth-order valence-electron chi connectivity index (χ4n) is 2.76. The summed E-state index contributed by atoms with van der Waals surface area (Å²) in [6.07, 6.45) is 2.00. The van der Waals surface area contributed by atoms with Crippen LogP contribution in [0.3, 0.4) is 0 Å². The third-order valence-corrected chi connectivity index (χ3v) is 4.32. The molecular formula is C19H31IN4O2. The van der Waals surface area contributed by atoms with E-state index in [0.717, 1.165) is 45.1 Å². The molecule has 1 unspecified atom stereocenters. The molecule has 0 spiro atoms. The number of halogens is 1. The molecule has 1 aliphatic rings. The van der Waals surface area contributed by atoms with Crippen LogP contribution in [0.5, 0.6) is 0 Å². The molecule has 0 radical (unpaired) electrons. The zero-order valence-corrected chi connectivity index (χ0v) is 18.3. The number of nitrogens with one attached hydrogen (secondary N) is 1. The molecule has 2 rings (SSSR count). The van der Waals surface area contributed by atoms with Crippen molar-refractivity contribution in [2.24, 2.45) is 10.9 Å². The van der Waals surface area contributed by atoms with Gasteiger partial charge in [0.2, 0.25) is 5.91 Å². The van der Waals surface area contributed by atoms with E-state index in [1.54, 1.807) is 19.0 Å². The Morgan fingerprint density at radius 2 is 2.00 bits per heavy atom. The van der Waals surface area contributed by atoms with E-state index in [1.165, 1.54) is 5.56 Å². The van der Waals surface area contributed by atoms with Crippen molar-refractivity contribution in [3.8, 4) is 0 Å². The van der Waals surface area contributed by atoms with Crippen LogP contribution in [-0.2, 0) is 16.0 Å². The van der Waals surface area contributed by atoms with Crippen molar-refractivity contribution in [1.82, 2.24) is 15.1 Å². The number of benzene rings is 1. The minimum absolute atomic E-state index is 0. The summed E-state index contributed by atoms with van der Waals surface area (Å²) < 4.78 is 5.46. The molecule has 0 bridgehead atoms. The number of carbonyl (C=O) groups excluding carboxylic acids is 1. The van der Waals surface area contributed by atoms with Crippen LogP contribution in [0.4, 0.5) is 0 Å². The Morgan fingerprint density at radius 1 is 1.27 bits per heavy atom. The molecule has 6 nitrogen and oxygen atoms in total. The normalized spacial score (nSPS) is 16.7. The molecule has 0 aliphatic carbocycles. The lowest BCUT2D eigenvalue weighted by Gasteiger charge is -2.25. The van der Waals surface area contributed by atoms with Crippen molar-refractivity contribution < 1.29 is 9.53 Å². The van der Waals surface area contributed by atoms with Crippen LogP contribution in [-0.4, -0.2) is 75.7 Å². The average molecular weight is 474 g/mol. The number of guanidine groups is 1. The second-order valence-electron chi connectivity index (χ2n) is 6.70. The van der Waals surface area contributed by atoms with Gasteiger partial charge in [-0.15, -0.1) is 24.0 Å². The highest BCUT2D eigenvalue weighted by Gasteiger charge is 2.19. The fraction of sp³-hybridized carbons (Fsp3) is 0.579. The fourth-order valence-corrected chi connectivity index (χ4v) is 2.76. The second kappa shape index (κ2) is 12.1. The maximum absolute atomic E-state index is 11.9. The summed E-state index contributed by atoms with van der Waals surface area (Å²) in [4.78, 5) is 20.0. The summed E-state index contributed by atoms with van der Waals surface area (Å²) >= 11 is 0. The van der Waals surface area contributed by atoms with Crippen LogP contribution in [0.15, 0.2) is 35.3 Å². The van der Waals surface area contributed by atoms with Gasteiger partial charge in [0.1, 0.15) is 6.54 Å². The molecule has 26 heavy (non-hydrogen) atoms. The van der Waals surface area contributed by atoms with E-state index in [1.807, 2.05) is 25.2 Å². The number of amides is 1. The number of hydrogen-bond donors (Lipinski definition) is 1. The molecule has 1 N–H and O–H groups in total. The molecule has 7 heteroatoms. The number of rotatable bonds is 7. The third-order valence-electron chi connectivity index (χ3n) is 4.32. The third kappa shape index (κ3) is 7.90. The monoisotopic (exact) mass is 474 g/mol. The number of nitrogens with zero attached hydrogens (tertiary/aromatic N) is 3. The summed E-state index contributed by atoms with van der Waals surface area (Å²) in [5.74, 6) is 1.30. The number of aliphatic imine (C=N–C) groups is 1. The molecule has 1 atom stereocenters. The highest BCUT2D eigenvalue weighted by Crippen LogP contribution is 2.13. The Balaban J connectivity index is 0.00000338. The zero-order chi connectivity index (χ0) is 18.1. The first kappa shape index (κ1) is 22.7. The lowest BCUT2D eigenvalue weighted by Crippen LogP contribution is -2.43. The van der Waals surface area contributed by atoms with E-state index < -0.39 is 0 Å². The van der Waals surface area contributed by atoms with E-state index in [2.05, 4.69) is 27.3 Å². The van der Waals surface area contributed by atoms with Crippen LogP contribution in [0.2, 0.25) is 0 Å². The zero-order valence-electron chi connectivity index (χ0n) is 16.0. The number of ether oxygens (including phenoxy) is 1. The van der Waals surface area contributed by atoms with Gasteiger partial charge in [0.05, 0.1) is 6.61 Å². The Bertz CT molecular complexity index is 560. The van der Waals surface area contributed by atoms with Crippen molar-refractivity contribution in [2.45, 2.75) is 12.8 Å². The van der Waals surface area contributed by atoms with Crippen LogP contribution < -0.4 is 5.32 Å². The van der Waals surface area contributed by atoms with E-state index in [-0.39, 0.29) is 36.4 Å². The second-order valence-corrected chi connectivity index (χ2v) is 6.70. The smallest absolute Gasteiger partial charge is 0.243 e. The molecule has 1 aromatic rings. The maximum atomic E-state index is 11.9. The Labute approximate surface area is 174 Å². The average Bonchev–Trinajstić information content (AvgIpc) is 3.11. The Kier molecular flexibility index (Phi) is 10.6. The Hall–Kier alpha value is -1.35. The minimum atomic E-state index is -0.0000379. The lowest BCUT2D eigenvalue weighted by molar-refractivity contribution is -0.127. The maximum Gasteiger partial charge on any atom is 0.243 e. The van der Waals surface area contributed by atoms with Gasteiger partial charge in [-0.2, -0.15) is 0 Å². The topological polar surface area (TPSA) is 57.2 Å². The highest BCUT2D eigenvalue weighted by atomic mass is 127. The molecule has 0 saturated carbocycles. The van der Waals surface area contributed by atoms with Gasteiger partial charge < -0.3 is 19.9 Å². The van der Waals surface area contributed by atoms with Crippen LogP contribution in [0.25, 0.3) is 0 Å². The van der Waals surface area contributed by atoms with E-state index >= 15 is 0 Å². The van der Waals surface area contributed by atoms with Gasteiger partial charge in [0.15, 0.2) is 5.96 Å². The standard InChI is InChI=1S/C19H30N4O2.HI/c1-22(2)18(24)13-21-19(23(3)14-17-10-12-25-15-17)20-11-9-16-7-5-4-6-8-16;/h4-8,17H,9-15H2,1-3H3,(H,20,21);1H. The van der Waals surface area contributed by atoms with Gasteiger partial charge in [-0.25, -0.2) is 4.99 Å². The predicted octanol–water partition coefficient (Wildman–Crippen LogP) is 1.85. The van der Waals surface area contributed by atoms with Crippen molar-refractivity contribution in [2.75, 3.05) is 54.0 Å². The number of likely N-dealkylation sites (N-methyl/N-ethyl adjacent to an activating group) is 1. The van der Waals surface area contributed by atoms with Gasteiger partial charge in [-0.1, -0.05) is 30.3 Å². The molecule has 1 amide bonds. The van der Waals surface area contributed by atoms with E-state index in [4.69, 9.17) is 4.74 Å². The van der Waals surface area contributed by atoms with E-state index in [9.17, 15) is 4.79 Å². The van der Waals surface area contributed by atoms with Crippen LogP contribution >= 0.6 is 24.0 Å². The summed E-state index contributed by atoms with van der Waals surface area (Å²) in [5, 5.41) is 3.40. The molecule has 146 valence electrons. The van der Waals surface area contributed by atoms with Gasteiger partial charge in [-0.05, 0) is 18.4 Å². The van der Waals surface area contributed by atoms with Crippen molar-refractivity contribution >= 4 is 35.8 Å². The number of hydrogen-bond acceptors (Lipinski definition) is 3. The van der Waals surface area contributed by atoms with Crippen LogP contribution in [0, 0.1) is 5.92 Å². The lowest BCUT2D eigenvalue weighted by atomic mass is 10.1. The molecule has 1 fully saturated rings. The largest absolute Gasteiger partial charge is 0.381 e. The van der Waals surface area contributed by atoms with E-state index in [0.29, 0.717) is 5.92 Å². The Morgan fingerprint density at radius 3 is 2.62 bits per heavy atom. The molecule has 1 heterocycles. The minimum Gasteiger partial charge on any atom is -0.381 e. The first-order chi connectivity index (χ1) is 12.1. The van der Waals surface area contributed by atoms with Gasteiger partial charge in [-0.3, -0.25) is 4.79 Å². The molecule has 1 saturated heterocycles. The SMILES string of the molecule is CN(C)C(=O)CN=C(NCCc1ccccc1)N(C)CC1CCOC1.I. The van der Waals surface area contributed by atoms with Gasteiger partial charge in [0.25, 0.3) is 0 Å². The first-order valence-electron chi connectivity index (χ1n) is 8.87. The molecule has 1 aliphatic heterocycles. The van der Waals surface area contributed by atoms with Crippen LogP contribution in [0.1, 0.15) is 12.0 Å². The summed E-state index contributed by atoms with van der Waals surface area (Å²) in [6.45, 7) is 3.47. The quantitative estimate of drug-likeness (QED) is 0.373. The van der Waals surface area contributed by atoms with Crippen molar-refractivity contribution in [1.29, 1.82) is 0 Å².